The van der Waals surface area contributed by atoms with Gasteiger partial charge in [0.25, 0.3) is 0 Å². The number of carbonyl (C=O) groups is 1. The minimum atomic E-state index is -1.02. The molecular formula is C11H9BrN2O2. The van der Waals surface area contributed by atoms with E-state index in [1.165, 1.54) is 6.07 Å². The Balaban J connectivity index is 2.46. The number of carboxylic acid groups (broad SMARTS) is 1. The van der Waals surface area contributed by atoms with Crippen molar-refractivity contribution in [3.63, 3.8) is 0 Å². The van der Waals surface area contributed by atoms with Gasteiger partial charge in [-0.1, -0.05) is 15.9 Å². The maximum atomic E-state index is 10.7. The van der Waals surface area contributed by atoms with Crippen LogP contribution in [0, 0.1) is 6.92 Å². The summed E-state index contributed by atoms with van der Waals surface area (Å²) < 4.78 is 2.48. The molecule has 1 aromatic heterocycles. The zero-order valence-electron chi connectivity index (χ0n) is 8.51. The van der Waals surface area contributed by atoms with E-state index in [1.807, 2.05) is 25.1 Å². The van der Waals surface area contributed by atoms with Crippen molar-refractivity contribution in [2.45, 2.75) is 6.92 Å². The third-order valence-electron chi connectivity index (χ3n) is 2.10. The van der Waals surface area contributed by atoms with E-state index in [9.17, 15) is 4.79 Å². The van der Waals surface area contributed by atoms with Crippen LogP contribution in [0.5, 0.6) is 0 Å². The van der Waals surface area contributed by atoms with Crippen LogP contribution < -0.4 is 0 Å². The van der Waals surface area contributed by atoms with Crippen LogP contribution in [-0.2, 0) is 0 Å². The highest BCUT2D eigenvalue weighted by molar-refractivity contribution is 9.10. The zero-order chi connectivity index (χ0) is 11.7. The summed E-state index contributed by atoms with van der Waals surface area (Å²) in [6, 6.07) is 7.26. The number of nitrogens with zero attached hydrogens (tertiary/aromatic N) is 2. The summed E-state index contributed by atoms with van der Waals surface area (Å²) in [7, 11) is 0. The van der Waals surface area contributed by atoms with Crippen LogP contribution in [0.4, 0.5) is 0 Å². The second kappa shape index (κ2) is 4.09. The molecule has 0 fully saturated rings. The highest BCUT2D eigenvalue weighted by Crippen LogP contribution is 2.18. The van der Waals surface area contributed by atoms with E-state index in [1.54, 1.807) is 10.9 Å². The predicted molar refractivity (Wildman–Crippen MR) is 63.0 cm³/mol. The van der Waals surface area contributed by atoms with Crippen LogP contribution in [0.3, 0.4) is 0 Å². The SMILES string of the molecule is Cc1cc(Br)cc(-n2ccc(C(=O)O)n2)c1. The number of carboxylic acids is 1. The fourth-order valence-corrected chi connectivity index (χ4v) is 2.03. The molecule has 2 rings (SSSR count). The Morgan fingerprint density at radius 3 is 2.75 bits per heavy atom. The van der Waals surface area contributed by atoms with E-state index in [2.05, 4.69) is 21.0 Å². The predicted octanol–water partition coefficient (Wildman–Crippen LogP) is 2.64. The van der Waals surface area contributed by atoms with Gasteiger partial charge >= 0.3 is 5.97 Å². The van der Waals surface area contributed by atoms with Crippen molar-refractivity contribution in [2.75, 3.05) is 0 Å². The van der Waals surface area contributed by atoms with Crippen molar-refractivity contribution < 1.29 is 9.90 Å². The van der Waals surface area contributed by atoms with Crippen molar-refractivity contribution in [1.29, 1.82) is 0 Å². The Labute approximate surface area is 101 Å². The highest BCUT2D eigenvalue weighted by atomic mass is 79.9. The zero-order valence-corrected chi connectivity index (χ0v) is 10.1. The third kappa shape index (κ3) is 2.14. The van der Waals surface area contributed by atoms with E-state index in [4.69, 9.17) is 5.11 Å². The molecule has 0 amide bonds. The molecule has 1 heterocycles. The molecule has 0 aliphatic rings. The van der Waals surface area contributed by atoms with Gasteiger partial charge in [-0.2, -0.15) is 5.10 Å². The van der Waals surface area contributed by atoms with Gasteiger partial charge in [0.05, 0.1) is 5.69 Å². The molecule has 4 nitrogen and oxygen atoms in total. The molecule has 0 spiro atoms. The molecule has 0 bridgehead atoms. The summed E-state index contributed by atoms with van der Waals surface area (Å²) in [5, 5.41) is 12.7. The van der Waals surface area contributed by atoms with Gasteiger partial charge in [0.1, 0.15) is 0 Å². The fraction of sp³-hybridized carbons (Fsp3) is 0.0909. The van der Waals surface area contributed by atoms with E-state index in [0.29, 0.717) is 0 Å². The number of hydrogen-bond acceptors (Lipinski definition) is 2. The van der Waals surface area contributed by atoms with Gasteiger partial charge in [0.15, 0.2) is 5.69 Å². The first-order chi connectivity index (χ1) is 7.56. The topological polar surface area (TPSA) is 55.1 Å². The normalized spacial score (nSPS) is 10.4. The molecule has 2 aromatic rings. The average molecular weight is 281 g/mol. The molecule has 0 saturated heterocycles. The van der Waals surface area contributed by atoms with Crippen molar-refractivity contribution in [2.24, 2.45) is 0 Å². The van der Waals surface area contributed by atoms with Crippen molar-refractivity contribution in [3.05, 3.63) is 46.2 Å². The summed E-state index contributed by atoms with van der Waals surface area (Å²) in [5.74, 6) is -1.02. The van der Waals surface area contributed by atoms with E-state index < -0.39 is 5.97 Å². The van der Waals surface area contributed by atoms with Gasteiger partial charge in [0, 0.05) is 10.7 Å². The van der Waals surface area contributed by atoms with Gasteiger partial charge in [-0.3, -0.25) is 0 Å². The molecule has 0 aliphatic carbocycles. The van der Waals surface area contributed by atoms with E-state index in [-0.39, 0.29) is 5.69 Å². The largest absolute Gasteiger partial charge is 0.476 e. The average Bonchev–Trinajstić information content (AvgIpc) is 2.64. The maximum absolute atomic E-state index is 10.7. The van der Waals surface area contributed by atoms with Gasteiger partial charge in [-0.05, 0) is 36.8 Å². The summed E-state index contributed by atoms with van der Waals surface area (Å²) >= 11 is 3.39. The first kappa shape index (κ1) is 10.9. The molecular weight excluding hydrogens is 272 g/mol. The minimum Gasteiger partial charge on any atom is -0.476 e. The third-order valence-corrected chi connectivity index (χ3v) is 2.56. The van der Waals surface area contributed by atoms with Crippen LogP contribution in [-0.4, -0.2) is 20.9 Å². The second-order valence-corrected chi connectivity index (χ2v) is 4.35. The maximum Gasteiger partial charge on any atom is 0.356 e. The van der Waals surface area contributed by atoms with Crippen molar-refractivity contribution >= 4 is 21.9 Å². The number of halogens is 1. The van der Waals surface area contributed by atoms with Crippen LogP contribution in [0.2, 0.25) is 0 Å². The number of aromatic carboxylic acids is 1. The Morgan fingerprint density at radius 2 is 2.19 bits per heavy atom. The van der Waals surface area contributed by atoms with Gasteiger partial charge < -0.3 is 5.11 Å². The minimum absolute atomic E-state index is 0.0395. The summed E-state index contributed by atoms with van der Waals surface area (Å²) in [4.78, 5) is 10.7. The lowest BCUT2D eigenvalue weighted by atomic mass is 10.2. The lowest BCUT2D eigenvalue weighted by molar-refractivity contribution is 0.0690. The first-order valence-electron chi connectivity index (χ1n) is 4.63. The summed E-state index contributed by atoms with van der Waals surface area (Å²) in [5.41, 5.74) is 1.95. The van der Waals surface area contributed by atoms with Crippen LogP contribution >= 0.6 is 15.9 Å². The lowest BCUT2D eigenvalue weighted by Crippen LogP contribution is -2.01. The van der Waals surface area contributed by atoms with Crippen molar-refractivity contribution in [1.82, 2.24) is 9.78 Å². The molecule has 0 saturated carbocycles. The molecule has 0 atom stereocenters. The van der Waals surface area contributed by atoms with Crippen LogP contribution in [0.15, 0.2) is 34.9 Å². The number of aryl methyl sites for hydroxylation is 1. The molecule has 0 unspecified atom stereocenters. The highest BCUT2D eigenvalue weighted by Gasteiger charge is 2.08. The van der Waals surface area contributed by atoms with Gasteiger partial charge in [-0.15, -0.1) is 0 Å². The molecule has 1 aromatic carbocycles. The Morgan fingerprint density at radius 1 is 1.44 bits per heavy atom. The molecule has 5 heteroatoms. The summed E-state index contributed by atoms with van der Waals surface area (Å²) in [6.07, 6.45) is 1.63. The van der Waals surface area contributed by atoms with Crippen molar-refractivity contribution in [3.8, 4) is 5.69 Å². The quantitative estimate of drug-likeness (QED) is 0.920. The Hall–Kier alpha value is -1.62. The number of aromatic nitrogens is 2. The second-order valence-electron chi connectivity index (χ2n) is 3.44. The van der Waals surface area contributed by atoms with Gasteiger partial charge in [-0.25, -0.2) is 9.48 Å². The standard InChI is InChI=1S/C11H9BrN2O2/c1-7-4-8(12)6-9(5-7)14-3-2-10(13-14)11(15)16/h2-6H,1H3,(H,15,16). The van der Waals surface area contributed by atoms with Crippen LogP contribution in [0.1, 0.15) is 16.1 Å². The number of benzene rings is 1. The Bertz CT molecular complexity index is 528. The molecule has 0 radical (unpaired) electrons. The first-order valence-corrected chi connectivity index (χ1v) is 5.42. The Kier molecular flexibility index (Phi) is 2.78. The molecule has 0 aliphatic heterocycles. The monoisotopic (exact) mass is 280 g/mol. The molecule has 1 N–H and O–H groups in total. The summed E-state index contributed by atoms with van der Waals surface area (Å²) in [6.45, 7) is 1.97. The van der Waals surface area contributed by atoms with E-state index in [0.717, 1.165) is 15.7 Å². The number of rotatable bonds is 2. The lowest BCUT2D eigenvalue weighted by Gasteiger charge is -2.03. The van der Waals surface area contributed by atoms with E-state index >= 15 is 0 Å². The smallest absolute Gasteiger partial charge is 0.356 e. The van der Waals surface area contributed by atoms with Gasteiger partial charge in [0.2, 0.25) is 0 Å². The van der Waals surface area contributed by atoms with Crippen LogP contribution in [0.25, 0.3) is 5.69 Å². The molecule has 16 heavy (non-hydrogen) atoms. The fourth-order valence-electron chi connectivity index (χ4n) is 1.43. The molecule has 82 valence electrons. The number of hydrogen-bond donors (Lipinski definition) is 1.